The van der Waals surface area contributed by atoms with E-state index in [1.54, 1.807) is 51.1 Å². The minimum Gasteiger partial charge on any atom is -0.497 e. The van der Waals surface area contributed by atoms with Gasteiger partial charge >= 0.3 is 12.1 Å². The highest BCUT2D eigenvalue weighted by molar-refractivity contribution is 6.04. The first kappa shape index (κ1) is 26.1. The molecule has 2 heterocycles. The topological polar surface area (TPSA) is 128 Å². The lowest BCUT2D eigenvalue weighted by atomic mass is 9.93. The van der Waals surface area contributed by atoms with Gasteiger partial charge in [-0.15, -0.1) is 0 Å². The highest BCUT2D eigenvalue weighted by atomic mass is 16.7. The van der Waals surface area contributed by atoms with Crippen LogP contribution in [0.15, 0.2) is 36.4 Å². The molecule has 0 fully saturated rings. The molecule has 2 aromatic carbocycles. The molecule has 0 aromatic heterocycles. The van der Waals surface area contributed by atoms with Crippen LogP contribution in [0.2, 0.25) is 0 Å². The molecule has 1 N–H and O–H groups in total. The molecule has 11 heteroatoms. The monoisotopic (exact) mass is 515 g/mol. The lowest BCUT2D eigenvalue weighted by Gasteiger charge is -2.33. The van der Waals surface area contributed by atoms with Gasteiger partial charge in [0.25, 0.3) is 0 Å². The number of ether oxygens (including phenoxy) is 7. The maximum absolute atomic E-state index is 13.5. The van der Waals surface area contributed by atoms with E-state index in [1.165, 1.54) is 20.3 Å². The number of carbonyl (C=O) groups is 3. The zero-order valence-corrected chi connectivity index (χ0v) is 21.2. The third kappa shape index (κ3) is 5.88. The minimum atomic E-state index is -1.37. The molecule has 37 heavy (non-hydrogen) atoms. The van der Waals surface area contributed by atoms with Crippen LogP contribution in [0.5, 0.6) is 23.0 Å². The van der Waals surface area contributed by atoms with Crippen LogP contribution < -0.4 is 24.3 Å². The number of hydrogen-bond acceptors (Lipinski definition) is 10. The summed E-state index contributed by atoms with van der Waals surface area (Å²) in [6, 6.07) is 8.61. The zero-order chi connectivity index (χ0) is 26.7. The third-order valence-electron chi connectivity index (χ3n) is 5.66. The molecular formula is C26H29NO10. The van der Waals surface area contributed by atoms with Crippen LogP contribution in [-0.4, -0.2) is 63.2 Å². The molecule has 11 nitrogen and oxygen atoms in total. The van der Waals surface area contributed by atoms with Crippen molar-refractivity contribution in [1.82, 2.24) is 5.32 Å². The van der Waals surface area contributed by atoms with Gasteiger partial charge in [-0.05, 0) is 45.0 Å². The molecule has 2 aliphatic heterocycles. The Hall–Kier alpha value is -3.99. The number of ketones is 1. The number of benzene rings is 2. The van der Waals surface area contributed by atoms with Crippen molar-refractivity contribution in [3.8, 4) is 23.0 Å². The smallest absolute Gasteiger partial charge is 0.408 e. The fraction of sp³-hybridized carbons (Fsp3) is 0.423. The average molecular weight is 516 g/mol. The van der Waals surface area contributed by atoms with Gasteiger partial charge in [-0.3, -0.25) is 4.79 Å². The van der Waals surface area contributed by atoms with Crippen LogP contribution in [0, 0.1) is 0 Å². The van der Waals surface area contributed by atoms with Crippen molar-refractivity contribution in [2.24, 2.45) is 0 Å². The summed E-state index contributed by atoms with van der Waals surface area (Å²) in [4.78, 5) is 38.7. The predicted octanol–water partition coefficient (Wildman–Crippen LogP) is 3.19. The van der Waals surface area contributed by atoms with Crippen LogP contribution in [0.4, 0.5) is 4.79 Å². The Morgan fingerprint density at radius 2 is 1.81 bits per heavy atom. The molecule has 0 aliphatic carbocycles. The fourth-order valence-electron chi connectivity index (χ4n) is 3.80. The molecule has 3 atom stereocenters. The number of rotatable bonds is 7. The summed E-state index contributed by atoms with van der Waals surface area (Å²) in [6.45, 7) is 5.33. The minimum absolute atomic E-state index is 0.0666. The standard InChI is InChI=1S/C26H29NO10/c1-26(2,3)35-12-17(24(29)32-5)27-25(30)37-23-21(28)16-8-7-15(31-4)11-19(16)36-22(23)14-6-9-18-20(10-14)34-13-33-18/h6-11,17,22-23H,12-13H2,1-5H3,(H,27,30)/t17-,22-,23?/m0/s1. The van der Waals surface area contributed by atoms with Gasteiger partial charge in [-0.2, -0.15) is 0 Å². The largest absolute Gasteiger partial charge is 0.497 e. The first-order valence-electron chi connectivity index (χ1n) is 11.6. The lowest BCUT2D eigenvalue weighted by Crippen LogP contribution is -2.49. The van der Waals surface area contributed by atoms with E-state index in [0.29, 0.717) is 22.8 Å². The molecule has 1 amide bonds. The summed E-state index contributed by atoms with van der Waals surface area (Å²) < 4.78 is 38.2. The van der Waals surface area contributed by atoms with Crippen LogP contribution >= 0.6 is 0 Å². The van der Waals surface area contributed by atoms with Crippen molar-refractivity contribution in [3.05, 3.63) is 47.5 Å². The number of amides is 1. The molecule has 198 valence electrons. The van der Waals surface area contributed by atoms with Gasteiger partial charge in [-0.25, -0.2) is 9.59 Å². The van der Waals surface area contributed by atoms with E-state index < -0.39 is 41.7 Å². The third-order valence-corrected chi connectivity index (χ3v) is 5.66. The van der Waals surface area contributed by atoms with Gasteiger partial charge in [0, 0.05) is 11.6 Å². The number of esters is 1. The molecule has 2 aliphatic rings. The van der Waals surface area contributed by atoms with Crippen molar-refractivity contribution >= 4 is 17.8 Å². The number of Topliss-reactive ketones (excluding diaryl/α,β-unsaturated/α-hetero) is 1. The predicted molar refractivity (Wildman–Crippen MR) is 128 cm³/mol. The Balaban J connectivity index is 1.61. The molecular weight excluding hydrogens is 486 g/mol. The number of nitrogens with one attached hydrogen (secondary N) is 1. The fourth-order valence-corrected chi connectivity index (χ4v) is 3.80. The Labute approximate surface area is 213 Å². The molecule has 0 radical (unpaired) electrons. The van der Waals surface area contributed by atoms with E-state index in [2.05, 4.69) is 5.32 Å². The number of hydrogen-bond donors (Lipinski definition) is 1. The van der Waals surface area contributed by atoms with Gasteiger partial charge in [0.05, 0.1) is 32.0 Å². The second kappa shape index (κ2) is 10.6. The first-order valence-corrected chi connectivity index (χ1v) is 11.6. The van der Waals surface area contributed by atoms with Crippen LogP contribution in [0.25, 0.3) is 0 Å². The van der Waals surface area contributed by atoms with E-state index in [4.69, 9.17) is 33.2 Å². The van der Waals surface area contributed by atoms with Crippen molar-refractivity contribution in [3.63, 3.8) is 0 Å². The summed E-state index contributed by atoms with van der Waals surface area (Å²) in [7, 11) is 2.69. The van der Waals surface area contributed by atoms with Gasteiger partial charge in [0.1, 0.15) is 11.5 Å². The number of methoxy groups -OCH3 is 2. The van der Waals surface area contributed by atoms with E-state index in [0.717, 1.165) is 0 Å². The Kier molecular flexibility index (Phi) is 7.44. The highest BCUT2D eigenvalue weighted by Gasteiger charge is 2.42. The molecule has 2 aromatic rings. The lowest BCUT2D eigenvalue weighted by molar-refractivity contribution is -0.146. The Bertz CT molecular complexity index is 1190. The quantitative estimate of drug-likeness (QED) is 0.549. The van der Waals surface area contributed by atoms with Crippen LogP contribution in [0.1, 0.15) is 42.8 Å². The molecule has 0 bridgehead atoms. The number of fused-ring (bicyclic) bond motifs is 2. The summed E-state index contributed by atoms with van der Waals surface area (Å²) in [6.07, 6.45) is -3.41. The van der Waals surface area contributed by atoms with E-state index >= 15 is 0 Å². The number of carbonyl (C=O) groups excluding carboxylic acids is 3. The second-order valence-electron chi connectivity index (χ2n) is 9.35. The number of alkyl carbamates (subject to hydrolysis) is 1. The van der Waals surface area contributed by atoms with E-state index in [1.807, 2.05) is 0 Å². The van der Waals surface area contributed by atoms with E-state index in [-0.39, 0.29) is 24.7 Å². The first-order chi connectivity index (χ1) is 17.6. The summed E-state index contributed by atoms with van der Waals surface area (Å²) >= 11 is 0. The molecule has 4 rings (SSSR count). The van der Waals surface area contributed by atoms with Crippen molar-refractivity contribution in [2.45, 2.75) is 44.6 Å². The molecule has 0 saturated carbocycles. The van der Waals surface area contributed by atoms with Gasteiger partial charge < -0.3 is 38.5 Å². The van der Waals surface area contributed by atoms with Crippen LogP contribution in [-0.2, 0) is 19.0 Å². The summed E-state index contributed by atoms with van der Waals surface area (Å²) in [5.41, 5.74) is 0.167. The van der Waals surface area contributed by atoms with Crippen LogP contribution in [0.3, 0.4) is 0 Å². The maximum Gasteiger partial charge on any atom is 0.408 e. The van der Waals surface area contributed by atoms with Gasteiger partial charge in [-0.1, -0.05) is 6.07 Å². The molecule has 1 unspecified atom stereocenters. The van der Waals surface area contributed by atoms with Crippen molar-refractivity contribution < 1.29 is 47.5 Å². The average Bonchev–Trinajstić information content (AvgIpc) is 3.34. The Morgan fingerprint density at radius 3 is 2.51 bits per heavy atom. The molecule has 0 spiro atoms. The molecule has 0 saturated heterocycles. The van der Waals surface area contributed by atoms with E-state index in [9.17, 15) is 14.4 Å². The summed E-state index contributed by atoms with van der Waals surface area (Å²) in [5.74, 6) is 0.576. The van der Waals surface area contributed by atoms with Gasteiger partial charge in [0.15, 0.2) is 23.6 Å². The zero-order valence-electron chi connectivity index (χ0n) is 21.2. The van der Waals surface area contributed by atoms with Gasteiger partial charge in [0.2, 0.25) is 18.7 Å². The van der Waals surface area contributed by atoms with Crippen molar-refractivity contribution in [2.75, 3.05) is 27.6 Å². The normalized spacial score (nSPS) is 18.8. The second-order valence-corrected chi connectivity index (χ2v) is 9.35. The van der Waals surface area contributed by atoms with Crippen molar-refractivity contribution in [1.29, 1.82) is 0 Å². The maximum atomic E-state index is 13.5. The summed E-state index contributed by atoms with van der Waals surface area (Å²) in [5, 5.41) is 2.43. The highest BCUT2D eigenvalue weighted by Crippen LogP contribution is 2.41. The SMILES string of the molecule is COC(=O)[C@H](COC(C)(C)C)NC(=O)OC1C(=O)c2ccc(OC)cc2O[C@H]1c1ccc2c(c1)OCO2. The Morgan fingerprint density at radius 1 is 1.05 bits per heavy atom.